The van der Waals surface area contributed by atoms with Crippen LogP contribution in [0.2, 0.25) is 0 Å². The fourth-order valence-electron chi connectivity index (χ4n) is 5.04. The summed E-state index contributed by atoms with van der Waals surface area (Å²) in [5, 5.41) is 12.6. The van der Waals surface area contributed by atoms with Crippen LogP contribution in [0.25, 0.3) is 0 Å². The van der Waals surface area contributed by atoms with Crippen molar-refractivity contribution in [2.75, 3.05) is 6.54 Å². The monoisotopic (exact) mass is 582 g/mol. The van der Waals surface area contributed by atoms with Crippen molar-refractivity contribution in [1.82, 2.24) is 19.8 Å². The van der Waals surface area contributed by atoms with Crippen molar-refractivity contribution in [2.24, 2.45) is 5.73 Å². The number of nitriles is 1. The van der Waals surface area contributed by atoms with Gasteiger partial charge in [-0.15, -0.1) is 0 Å². The van der Waals surface area contributed by atoms with Crippen LogP contribution in [-0.2, 0) is 30.5 Å². The van der Waals surface area contributed by atoms with E-state index in [4.69, 9.17) is 23.2 Å². The van der Waals surface area contributed by atoms with Gasteiger partial charge in [0.25, 0.3) is 0 Å². The van der Waals surface area contributed by atoms with Crippen molar-refractivity contribution < 1.29 is 18.0 Å². The van der Waals surface area contributed by atoms with E-state index in [2.05, 4.69) is 16.4 Å². The first-order valence-electron chi connectivity index (χ1n) is 13.6. The maximum Gasteiger partial charge on any atom is 0.416 e. The first-order valence-corrected chi connectivity index (χ1v) is 14.0. The van der Waals surface area contributed by atoms with Gasteiger partial charge < -0.3 is 20.5 Å². The van der Waals surface area contributed by atoms with Crippen molar-refractivity contribution in [3.8, 4) is 6.07 Å². The largest absolute Gasteiger partial charge is 0.416 e. The minimum atomic E-state index is -4.52. The summed E-state index contributed by atoms with van der Waals surface area (Å²) >= 11 is 5.66. The van der Waals surface area contributed by atoms with Crippen LogP contribution >= 0.6 is 12.2 Å². The Hall–Kier alpha value is -3.75. The Bertz CT molecular complexity index is 1380. The first kappa shape index (κ1) is 30.2. The lowest BCUT2D eigenvalue weighted by Crippen LogP contribution is -2.51. The summed E-state index contributed by atoms with van der Waals surface area (Å²) in [6.45, 7) is 0.290. The Morgan fingerprint density at radius 1 is 1.17 bits per heavy atom. The molecule has 0 bridgehead atoms. The van der Waals surface area contributed by atoms with Gasteiger partial charge in [-0.05, 0) is 54.4 Å². The van der Waals surface area contributed by atoms with E-state index in [1.807, 2.05) is 16.7 Å². The molecule has 0 spiro atoms. The minimum absolute atomic E-state index is 0.00718. The van der Waals surface area contributed by atoms with Gasteiger partial charge in [0, 0.05) is 44.0 Å². The van der Waals surface area contributed by atoms with Gasteiger partial charge in [0.05, 0.1) is 29.6 Å². The third-order valence-electron chi connectivity index (χ3n) is 7.32. The second kappa shape index (κ2) is 13.7. The van der Waals surface area contributed by atoms with Crippen LogP contribution in [0.4, 0.5) is 13.2 Å². The summed E-state index contributed by atoms with van der Waals surface area (Å²) in [6, 6.07) is 13.7. The standard InChI is InChI=1S/C30H33F3N6OS/c31-30(32,33)26-9-5-4-6-23(26)18-38(29(41)37-24-7-2-1-3-8-24)19-27(35)28(40)14-25-16-36-20-39(25)17-22-12-10-21(15-34)11-13-22/h4-6,9-13,16,20,24,27H,1-3,7-8,14,17-19,35H2,(H,37,41). The van der Waals surface area contributed by atoms with Gasteiger partial charge in [0.15, 0.2) is 10.9 Å². The zero-order chi connectivity index (χ0) is 29.4. The molecule has 0 saturated heterocycles. The number of hydrogen-bond acceptors (Lipinski definition) is 5. The van der Waals surface area contributed by atoms with Gasteiger partial charge in [-0.3, -0.25) is 4.79 Å². The second-order valence-corrected chi connectivity index (χ2v) is 10.8. The number of nitrogens with zero attached hydrogens (tertiary/aromatic N) is 4. The van der Waals surface area contributed by atoms with E-state index < -0.39 is 17.8 Å². The number of carbonyl (C=O) groups excluding carboxylic acids is 1. The fraction of sp³-hybridized carbons (Fsp3) is 0.400. The van der Waals surface area contributed by atoms with Crippen molar-refractivity contribution in [2.45, 2.75) is 69.9 Å². The molecule has 1 aliphatic carbocycles. The number of rotatable bonds is 10. The van der Waals surface area contributed by atoms with E-state index in [0.29, 0.717) is 22.9 Å². The smallest absolute Gasteiger partial charge is 0.360 e. The fourth-order valence-corrected chi connectivity index (χ4v) is 5.35. The SMILES string of the molecule is N#Cc1ccc(Cn2cncc2CC(=O)C(N)CN(Cc2ccccc2C(F)(F)F)C(=S)NC2CCCCC2)cc1. The molecule has 11 heteroatoms. The molecule has 2 aromatic carbocycles. The van der Waals surface area contributed by atoms with Crippen molar-refractivity contribution in [1.29, 1.82) is 5.26 Å². The Morgan fingerprint density at radius 2 is 1.88 bits per heavy atom. The highest BCUT2D eigenvalue weighted by atomic mass is 32.1. The van der Waals surface area contributed by atoms with Crippen LogP contribution in [0.3, 0.4) is 0 Å². The Balaban J connectivity index is 1.47. The van der Waals surface area contributed by atoms with E-state index in [9.17, 15) is 18.0 Å². The summed E-state index contributed by atoms with van der Waals surface area (Å²) < 4.78 is 43.0. The van der Waals surface area contributed by atoms with E-state index in [0.717, 1.165) is 43.7 Å². The maximum absolute atomic E-state index is 13.7. The predicted octanol–water partition coefficient (Wildman–Crippen LogP) is 4.97. The van der Waals surface area contributed by atoms with Gasteiger partial charge in [0.2, 0.25) is 0 Å². The lowest BCUT2D eigenvalue weighted by Gasteiger charge is -2.32. The average molecular weight is 583 g/mol. The molecule has 41 heavy (non-hydrogen) atoms. The number of nitrogens with one attached hydrogen (secondary N) is 1. The van der Waals surface area contributed by atoms with Gasteiger partial charge in [-0.1, -0.05) is 49.6 Å². The van der Waals surface area contributed by atoms with Crippen LogP contribution < -0.4 is 11.1 Å². The summed E-state index contributed by atoms with van der Waals surface area (Å²) in [5.74, 6) is -0.277. The zero-order valence-corrected chi connectivity index (χ0v) is 23.4. The molecule has 1 heterocycles. The van der Waals surface area contributed by atoms with Gasteiger partial charge in [-0.2, -0.15) is 18.4 Å². The molecule has 3 N–H and O–H groups in total. The molecule has 216 valence electrons. The number of alkyl halides is 3. The Kier molecular flexibility index (Phi) is 10.1. The molecule has 0 radical (unpaired) electrons. The Labute approximate surface area is 243 Å². The van der Waals surface area contributed by atoms with E-state index in [1.54, 1.807) is 35.6 Å². The first-order chi connectivity index (χ1) is 19.6. The number of aromatic nitrogens is 2. The van der Waals surface area contributed by atoms with Gasteiger partial charge in [0.1, 0.15) is 0 Å². The number of benzene rings is 2. The topological polar surface area (TPSA) is 100.0 Å². The molecular weight excluding hydrogens is 549 g/mol. The minimum Gasteiger partial charge on any atom is -0.360 e. The zero-order valence-electron chi connectivity index (χ0n) is 22.6. The normalized spacial score (nSPS) is 14.7. The van der Waals surface area contributed by atoms with Crippen molar-refractivity contribution in [3.05, 3.63) is 89.0 Å². The number of carbonyl (C=O) groups is 1. The van der Waals surface area contributed by atoms with Crippen LogP contribution in [0.1, 0.15) is 60.1 Å². The third-order valence-corrected chi connectivity index (χ3v) is 7.70. The third kappa shape index (κ3) is 8.38. The van der Waals surface area contributed by atoms with E-state index in [1.165, 1.54) is 12.1 Å². The molecule has 1 aliphatic rings. The maximum atomic E-state index is 13.7. The number of halogens is 3. The van der Waals surface area contributed by atoms with Crippen LogP contribution in [-0.4, -0.2) is 44.0 Å². The number of hydrogen-bond donors (Lipinski definition) is 2. The van der Waals surface area contributed by atoms with E-state index in [-0.39, 0.29) is 36.9 Å². The van der Waals surface area contributed by atoms with Crippen LogP contribution in [0.15, 0.2) is 61.1 Å². The summed E-state index contributed by atoms with van der Waals surface area (Å²) in [7, 11) is 0. The number of thiocarbonyl (C=S) groups is 1. The summed E-state index contributed by atoms with van der Waals surface area (Å²) in [6.07, 6.45) is 3.84. The molecule has 1 atom stereocenters. The molecular formula is C30H33F3N6OS. The Morgan fingerprint density at radius 3 is 2.56 bits per heavy atom. The molecule has 1 aromatic heterocycles. The van der Waals surface area contributed by atoms with Gasteiger partial charge in [-0.25, -0.2) is 4.98 Å². The lowest BCUT2D eigenvalue weighted by molar-refractivity contribution is -0.138. The molecule has 1 saturated carbocycles. The summed E-state index contributed by atoms with van der Waals surface area (Å²) in [4.78, 5) is 19.0. The van der Waals surface area contributed by atoms with Crippen LogP contribution in [0, 0.1) is 11.3 Å². The quantitative estimate of drug-likeness (QED) is 0.326. The van der Waals surface area contributed by atoms with Gasteiger partial charge >= 0.3 is 6.18 Å². The number of Topliss-reactive ketones (excluding diaryl/α,β-unsaturated/α-hetero) is 1. The highest BCUT2D eigenvalue weighted by Crippen LogP contribution is 2.32. The van der Waals surface area contributed by atoms with Crippen molar-refractivity contribution >= 4 is 23.1 Å². The molecule has 1 fully saturated rings. The highest BCUT2D eigenvalue weighted by Gasteiger charge is 2.34. The molecule has 0 aliphatic heterocycles. The highest BCUT2D eigenvalue weighted by molar-refractivity contribution is 7.80. The number of nitrogens with two attached hydrogens (primary N) is 1. The number of imidazole rings is 1. The average Bonchev–Trinajstić information content (AvgIpc) is 3.39. The molecule has 1 unspecified atom stereocenters. The predicted molar refractivity (Wildman–Crippen MR) is 154 cm³/mol. The van der Waals surface area contributed by atoms with Crippen LogP contribution in [0.5, 0.6) is 0 Å². The van der Waals surface area contributed by atoms with Crippen molar-refractivity contribution in [3.63, 3.8) is 0 Å². The summed E-state index contributed by atoms with van der Waals surface area (Å²) in [5.41, 5.74) is 7.83. The second-order valence-electron chi connectivity index (χ2n) is 10.4. The molecule has 3 aromatic rings. The molecule has 7 nitrogen and oxygen atoms in total. The van der Waals surface area contributed by atoms with E-state index >= 15 is 0 Å². The lowest BCUT2D eigenvalue weighted by atomic mass is 9.96. The number of ketones is 1. The molecule has 0 amide bonds. The molecule has 4 rings (SSSR count).